The third-order valence-corrected chi connectivity index (χ3v) is 5.06. The van der Waals surface area contributed by atoms with E-state index < -0.39 is 6.04 Å². The maximum absolute atomic E-state index is 14.1. The largest absolute Gasteiger partial charge is 0.361 e. The quantitative estimate of drug-likeness (QED) is 0.606. The molecule has 7 heteroatoms. The molecule has 3 aromatic rings. The third-order valence-electron chi connectivity index (χ3n) is 4.57. The van der Waals surface area contributed by atoms with Gasteiger partial charge in [-0.2, -0.15) is 0 Å². The van der Waals surface area contributed by atoms with Gasteiger partial charge in [0.15, 0.2) is 0 Å². The summed E-state index contributed by atoms with van der Waals surface area (Å²) in [6.07, 6.45) is 2.19. The van der Waals surface area contributed by atoms with E-state index in [4.69, 9.17) is 0 Å². The van der Waals surface area contributed by atoms with E-state index in [1.165, 1.54) is 17.9 Å². The highest BCUT2D eigenvalue weighted by molar-refractivity contribution is 9.10. The van der Waals surface area contributed by atoms with Crippen molar-refractivity contribution in [1.82, 2.24) is 15.2 Å². The standard InChI is InChI=1S/C21H21BrFN3O2/c1-13(27)25-20(10-14-11-24-19-6-4-3-5-17(14)19)21(28)26(2)12-15-9-16(22)7-8-18(15)23/h3-9,11,20,24H,10,12H2,1-2H3,(H,25,27). The molecule has 0 aliphatic carbocycles. The maximum Gasteiger partial charge on any atom is 0.245 e. The zero-order chi connectivity index (χ0) is 20.3. The number of nitrogens with zero attached hydrogens (tertiary/aromatic N) is 1. The summed E-state index contributed by atoms with van der Waals surface area (Å²) in [5, 5.41) is 3.73. The average Bonchev–Trinajstić information content (AvgIpc) is 3.06. The van der Waals surface area contributed by atoms with Crippen molar-refractivity contribution in [2.45, 2.75) is 25.9 Å². The fraction of sp³-hybridized carbons (Fsp3) is 0.238. The van der Waals surface area contributed by atoms with E-state index in [0.29, 0.717) is 12.0 Å². The number of amides is 2. The van der Waals surface area contributed by atoms with Gasteiger partial charge >= 0.3 is 0 Å². The summed E-state index contributed by atoms with van der Waals surface area (Å²) in [6, 6.07) is 11.7. The molecule has 1 aromatic heterocycles. The highest BCUT2D eigenvalue weighted by Crippen LogP contribution is 2.21. The molecule has 0 aliphatic heterocycles. The molecule has 0 aliphatic rings. The van der Waals surface area contributed by atoms with Crippen molar-refractivity contribution < 1.29 is 14.0 Å². The first-order valence-electron chi connectivity index (χ1n) is 8.86. The molecule has 5 nitrogen and oxygen atoms in total. The number of nitrogens with one attached hydrogen (secondary N) is 2. The summed E-state index contributed by atoms with van der Waals surface area (Å²) in [5.41, 5.74) is 2.31. The van der Waals surface area contributed by atoms with Crippen LogP contribution in [0.25, 0.3) is 10.9 Å². The number of benzene rings is 2. The van der Waals surface area contributed by atoms with E-state index in [1.54, 1.807) is 19.2 Å². The Morgan fingerprint density at radius 2 is 1.96 bits per heavy atom. The molecule has 28 heavy (non-hydrogen) atoms. The summed E-state index contributed by atoms with van der Waals surface area (Å²) >= 11 is 3.32. The van der Waals surface area contributed by atoms with Crippen molar-refractivity contribution in [2.24, 2.45) is 0 Å². The Morgan fingerprint density at radius 1 is 1.21 bits per heavy atom. The van der Waals surface area contributed by atoms with E-state index >= 15 is 0 Å². The van der Waals surface area contributed by atoms with Crippen LogP contribution in [0.2, 0.25) is 0 Å². The van der Waals surface area contributed by atoms with Crippen molar-refractivity contribution >= 4 is 38.6 Å². The highest BCUT2D eigenvalue weighted by Gasteiger charge is 2.25. The lowest BCUT2D eigenvalue weighted by Gasteiger charge is -2.24. The molecule has 1 atom stereocenters. The topological polar surface area (TPSA) is 65.2 Å². The van der Waals surface area contributed by atoms with Gasteiger partial charge in [-0.25, -0.2) is 4.39 Å². The molecule has 1 unspecified atom stereocenters. The fourth-order valence-electron chi connectivity index (χ4n) is 3.23. The van der Waals surface area contributed by atoms with Gasteiger partial charge < -0.3 is 15.2 Å². The van der Waals surface area contributed by atoms with Gasteiger partial charge in [-0.05, 0) is 29.8 Å². The van der Waals surface area contributed by atoms with Crippen LogP contribution in [0.3, 0.4) is 0 Å². The molecule has 2 aromatic carbocycles. The molecule has 0 saturated carbocycles. The number of fused-ring (bicyclic) bond motifs is 1. The van der Waals surface area contributed by atoms with Gasteiger partial charge in [-0.3, -0.25) is 9.59 Å². The molecule has 3 rings (SSSR count). The normalized spacial score (nSPS) is 12.0. The summed E-state index contributed by atoms with van der Waals surface area (Å²) in [4.78, 5) is 29.3. The SMILES string of the molecule is CC(=O)NC(Cc1c[nH]c2ccccc12)C(=O)N(C)Cc1cc(Br)ccc1F. The highest BCUT2D eigenvalue weighted by atomic mass is 79.9. The van der Waals surface area contributed by atoms with Gasteiger partial charge in [0.2, 0.25) is 11.8 Å². The predicted octanol–water partition coefficient (Wildman–Crippen LogP) is 3.78. The van der Waals surface area contributed by atoms with Crippen molar-refractivity contribution in [3.63, 3.8) is 0 Å². The summed E-state index contributed by atoms with van der Waals surface area (Å²) in [6.45, 7) is 1.48. The maximum atomic E-state index is 14.1. The minimum absolute atomic E-state index is 0.105. The lowest BCUT2D eigenvalue weighted by atomic mass is 10.0. The molecule has 146 valence electrons. The lowest BCUT2D eigenvalue weighted by molar-refractivity contribution is -0.135. The molecule has 0 saturated heterocycles. The Hall–Kier alpha value is -2.67. The minimum atomic E-state index is -0.739. The van der Waals surface area contributed by atoms with Crippen LogP contribution in [0.1, 0.15) is 18.1 Å². The van der Waals surface area contributed by atoms with Gasteiger partial charge in [-0.15, -0.1) is 0 Å². The van der Waals surface area contributed by atoms with Crippen molar-refractivity contribution in [1.29, 1.82) is 0 Å². The molecular weight excluding hydrogens is 425 g/mol. The van der Waals surface area contributed by atoms with Crippen LogP contribution >= 0.6 is 15.9 Å². The van der Waals surface area contributed by atoms with Crippen LogP contribution in [-0.4, -0.2) is 34.8 Å². The molecule has 0 radical (unpaired) electrons. The number of aromatic amines is 1. The van der Waals surface area contributed by atoms with E-state index in [-0.39, 0.29) is 24.2 Å². The molecule has 0 fully saturated rings. The molecule has 0 spiro atoms. The van der Waals surface area contributed by atoms with Crippen LogP contribution in [0.15, 0.2) is 53.1 Å². The van der Waals surface area contributed by atoms with Gasteiger partial charge in [0, 0.05) is 54.1 Å². The summed E-state index contributed by atoms with van der Waals surface area (Å²) in [5.74, 6) is -0.948. The van der Waals surface area contributed by atoms with E-state index in [9.17, 15) is 14.0 Å². The number of para-hydroxylation sites is 1. The number of halogens is 2. The number of likely N-dealkylation sites (N-methyl/N-ethyl adjacent to an activating group) is 1. The number of H-pyrrole nitrogens is 1. The summed E-state index contributed by atoms with van der Waals surface area (Å²) in [7, 11) is 1.60. The predicted molar refractivity (Wildman–Crippen MR) is 110 cm³/mol. The average molecular weight is 446 g/mol. The van der Waals surface area contributed by atoms with Crippen LogP contribution in [-0.2, 0) is 22.6 Å². The Morgan fingerprint density at radius 3 is 2.71 bits per heavy atom. The minimum Gasteiger partial charge on any atom is -0.361 e. The van der Waals surface area contributed by atoms with E-state index in [2.05, 4.69) is 26.2 Å². The third kappa shape index (κ3) is 4.59. The number of carbonyl (C=O) groups excluding carboxylic acids is 2. The lowest BCUT2D eigenvalue weighted by Crippen LogP contribution is -2.47. The first-order valence-corrected chi connectivity index (χ1v) is 9.65. The molecule has 2 amide bonds. The van der Waals surface area contributed by atoms with Crippen molar-refractivity contribution in [2.75, 3.05) is 7.05 Å². The Labute approximate surface area is 171 Å². The van der Waals surface area contributed by atoms with Crippen LogP contribution in [0.4, 0.5) is 4.39 Å². The smallest absolute Gasteiger partial charge is 0.245 e. The molecule has 0 bridgehead atoms. The Balaban J connectivity index is 1.81. The molecular formula is C21H21BrFN3O2. The number of hydrogen-bond donors (Lipinski definition) is 2. The zero-order valence-electron chi connectivity index (χ0n) is 15.6. The first-order chi connectivity index (χ1) is 13.3. The van der Waals surface area contributed by atoms with Gasteiger partial charge in [0.05, 0.1) is 0 Å². The summed E-state index contributed by atoms with van der Waals surface area (Å²) < 4.78 is 14.8. The van der Waals surface area contributed by atoms with Crippen LogP contribution in [0.5, 0.6) is 0 Å². The number of rotatable bonds is 6. The molecule has 1 heterocycles. The van der Waals surface area contributed by atoms with Crippen molar-refractivity contribution in [3.8, 4) is 0 Å². The Kier molecular flexibility index (Phi) is 6.14. The number of hydrogen-bond acceptors (Lipinski definition) is 2. The fourth-order valence-corrected chi connectivity index (χ4v) is 3.64. The molecule has 2 N–H and O–H groups in total. The monoisotopic (exact) mass is 445 g/mol. The second kappa shape index (κ2) is 8.56. The number of aromatic nitrogens is 1. The first kappa shape index (κ1) is 20.1. The second-order valence-corrected chi connectivity index (χ2v) is 7.66. The van der Waals surface area contributed by atoms with Crippen LogP contribution < -0.4 is 5.32 Å². The van der Waals surface area contributed by atoms with E-state index in [1.807, 2.05) is 30.5 Å². The van der Waals surface area contributed by atoms with Gasteiger partial charge in [-0.1, -0.05) is 34.1 Å². The van der Waals surface area contributed by atoms with E-state index in [0.717, 1.165) is 20.9 Å². The van der Waals surface area contributed by atoms with Gasteiger partial charge in [0.25, 0.3) is 0 Å². The second-order valence-electron chi connectivity index (χ2n) is 6.75. The Bertz CT molecular complexity index is 1020. The van der Waals surface area contributed by atoms with Crippen molar-refractivity contribution in [3.05, 3.63) is 70.1 Å². The van der Waals surface area contributed by atoms with Gasteiger partial charge in [0.1, 0.15) is 11.9 Å². The number of carbonyl (C=O) groups is 2. The van der Waals surface area contributed by atoms with Crippen LogP contribution in [0, 0.1) is 5.82 Å². The zero-order valence-corrected chi connectivity index (χ0v) is 17.2.